The van der Waals surface area contributed by atoms with E-state index >= 15 is 0 Å². The minimum Gasteiger partial charge on any atom is -0.494 e. The van der Waals surface area contributed by atoms with Crippen molar-refractivity contribution < 1.29 is 14.2 Å². The van der Waals surface area contributed by atoms with Gasteiger partial charge in [0.25, 0.3) is 0 Å². The molecule has 0 atom stereocenters. The Morgan fingerprint density at radius 2 is 1.66 bits per heavy atom. The first-order valence-electron chi connectivity index (χ1n) is 10.9. The van der Waals surface area contributed by atoms with Crippen LogP contribution >= 0.6 is 0 Å². The standard InChI is InChI=1S/C27H30N2O3/c1-19-10-12-22(16-20(19)2)32-15-7-14-29-24-9-6-5-8-23(24)28-27(29)18-21-11-13-25(30-3)26(17-21)31-4/h5-6,8-13,16-17H,7,14-15,18H2,1-4H3. The van der Waals surface area contributed by atoms with Gasteiger partial charge in [-0.3, -0.25) is 0 Å². The van der Waals surface area contributed by atoms with Crippen LogP contribution in [0.1, 0.15) is 28.9 Å². The van der Waals surface area contributed by atoms with Crippen molar-refractivity contribution in [2.45, 2.75) is 33.2 Å². The van der Waals surface area contributed by atoms with Crippen LogP contribution in [-0.4, -0.2) is 30.4 Å². The largest absolute Gasteiger partial charge is 0.494 e. The summed E-state index contributed by atoms with van der Waals surface area (Å²) in [6, 6.07) is 20.6. The fourth-order valence-corrected chi connectivity index (χ4v) is 3.90. The molecule has 1 aromatic heterocycles. The van der Waals surface area contributed by atoms with Crippen molar-refractivity contribution in [3.63, 3.8) is 0 Å². The van der Waals surface area contributed by atoms with Gasteiger partial charge in [-0.05, 0) is 73.4 Å². The van der Waals surface area contributed by atoms with E-state index in [0.717, 1.165) is 52.6 Å². The number of hydrogen-bond acceptors (Lipinski definition) is 4. The average Bonchev–Trinajstić information content (AvgIpc) is 3.15. The van der Waals surface area contributed by atoms with Gasteiger partial charge < -0.3 is 18.8 Å². The molecule has 166 valence electrons. The molecule has 0 bridgehead atoms. The van der Waals surface area contributed by atoms with Crippen molar-refractivity contribution in [1.82, 2.24) is 9.55 Å². The lowest BCUT2D eigenvalue weighted by molar-refractivity contribution is 0.301. The van der Waals surface area contributed by atoms with Crippen LogP contribution in [0.4, 0.5) is 0 Å². The second kappa shape index (κ2) is 9.77. The number of para-hydroxylation sites is 2. The molecule has 0 spiro atoms. The van der Waals surface area contributed by atoms with E-state index in [-0.39, 0.29) is 0 Å². The van der Waals surface area contributed by atoms with Gasteiger partial charge in [0.2, 0.25) is 0 Å². The van der Waals surface area contributed by atoms with Crippen LogP contribution < -0.4 is 14.2 Å². The predicted octanol–water partition coefficient (Wildman–Crippen LogP) is 5.73. The summed E-state index contributed by atoms with van der Waals surface area (Å²) < 4.78 is 19.1. The van der Waals surface area contributed by atoms with E-state index in [1.807, 2.05) is 24.3 Å². The maximum atomic E-state index is 6.00. The number of aryl methyl sites for hydroxylation is 3. The zero-order chi connectivity index (χ0) is 22.5. The molecule has 4 rings (SSSR count). The number of aromatic nitrogens is 2. The van der Waals surface area contributed by atoms with Gasteiger partial charge in [0.05, 0.1) is 31.9 Å². The van der Waals surface area contributed by atoms with Crippen LogP contribution in [0.25, 0.3) is 11.0 Å². The molecule has 0 aliphatic rings. The van der Waals surface area contributed by atoms with Crippen molar-refractivity contribution in [3.05, 3.63) is 83.2 Å². The molecule has 4 aromatic rings. The van der Waals surface area contributed by atoms with Gasteiger partial charge in [0.1, 0.15) is 11.6 Å². The Hall–Kier alpha value is -3.47. The van der Waals surface area contributed by atoms with Gasteiger partial charge >= 0.3 is 0 Å². The SMILES string of the molecule is COc1ccc(Cc2nc3ccccc3n2CCCOc2ccc(C)c(C)c2)cc1OC. The monoisotopic (exact) mass is 430 g/mol. The zero-order valence-electron chi connectivity index (χ0n) is 19.2. The highest BCUT2D eigenvalue weighted by molar-refractivity contribution is 5.76. The molecule has 5 heteroatoms. The Kier molecular flexibility index (Phi) is 6.64. The van der Waals surface area contributed by atoms with Crippen molar-refractivity contribution in [2.24, 2.45) is 0 Å². The Labute approximate surface area is 189 Å². The second-order valence-corrected chi connectivity index (χ2v) is 7.98. The summed E-state index contributed by atoms with van der Waals surface area (Å²) in [6.45, 7) is 5.72. The number of imidazole rings is 1. The molecule has 0 saturated carbocycles. The van der Waals surface area contributed by atoms with Crippen LogP contribution in [-0.2, 0) is 13.0 Å². The number of hydrogen-bond donors (Lipinski definition) is 0. The maximum Gasteiger partial charge on any atom is 0.161 e. The highest BCUT2D eigenvalue weighted by Gasteiger charge is 2.13. The number of ether oxygens (including phenoxy) is 3. The van der Waals surface area contributed by atoms with E-state index in [1.54, 1.807) is 14.2 Å². The smallest absolute Gasteiger partial charge is 0.161 e. The molecule has 0 fully saturated rings. The van der Waals surface area contributed by atoms with Gasteiger partial charge in [-0.15, -0.1) is 0 Å². The van der Waals surface area contributed by atoms with Gasteiger partial charge in [0.15, 0.2) is 11.5 Å². The summed E-state index contributed by atoms with van der Waals surface area (Å²) in [5, 5.41) is 0. The maximum absolute atomic E-state index is 6.00. The fourth-order valence-electron chi connectivity index (χ4n) is 3.90. The first-order chi connectivity index (χ1) is 15.6. The molecule has 0 aliphatic carbocycles. The Morgan fingerprint density at radius 3 is 2.44 bits per heavy atom. The van der Waals surface area contributed by atoms with Crippen molar-refractivity contribution in [1.29, 1.82) is 0 Å². The first-order valence-corrected chi connectivity index (χ1v) is 10.9. The number of fused-ring (bicyclic) bond motifs is 1. The van der Waals surface area contributed by atoms with E-state index in [1.165, 1.54) is 11.1 Å². The highest BCUT2D eigenvalue weighted by atomic mass is 16.5. The van der Waals surface area contributed by atoms with Crippen molar-refractivity contribution in [2.75, 3.05) is 20.8 Å². The van der Waals surface area contributed by atoms with Crippen LogP contribution in [0.2, 0.25) is 0 Å². The van der Waals surface area contributed by atoms with Gasteiger partial charge in [-0.2, -0.15) is 0 Å². The minimum atomic E-state index is 0.658. The molecule has 0 saturated heterocycles. The number of benzene rings is 3. The summed E-state index contributed by atoms with van der Waals surface area (Å²) >= 11 is 0. The van der Waals surface area contributed by atoms with Gasteiger partial charge in [-0.25, -0.2) is 4.98 Å². The lowest BCUT2D eigenvalue weighted by Gasteiger charge is -2.12. The molecule has 1 heterocycles. The minimum absolute atomic E-state index is 0.658. The Morgan fingerprint density at radius 1 is 0.844 bits per heavy atom. The molecule has 0 amide bonds. The van der Waals surface area contributed by atoms with Crippen LogP contribution in [0.15, 0.2) is 60.7 Å². The highest BCUT2D eigenvalue weighted by Crippen LogP contribution is 2.29. The summed E-state index contributed by atoms with van der Waals surface area (Å²) in [7, 11) is 3.31. The van der Waals surface area contributed by atoms with Crippen LogP contribution in [0, 0.1) is 13.8 Å². The van der Waals surface area contributed by atoms with Crippen LogP contribution in [0.3, 0.4) is 0 Å². The first kappa shape index (κ1) is 21.8. The summed E-state index contributed by atoms with van der Waals surface area (Å²) in [5.41, 5.74) is 5.82. The topological polar surface area (TPSA) is 45.5 Å². The summed E-state index contributed by atoms with van der Waals surface area (Å²) in [6.07, 6.45) is 1.61. The molecule has 0 unspecified atom stereocenters. The molecule has 5 nitrogen and oxygen atoms in total. The quantitative estimate of drug-likeness (QED) is 0.318. The van der Waals surface area contributed by atoms with E-state index < -0.39 is 0 Å². The summed E-state index contributed by atoms with van der Waals surface area (Å²) in [5.74, 6) is 3.42. The number of methoxy groups -OCH3 is 2. The normalized spacial score (nSPS) is 11.0. The number of rotatable bonds is 9. The van der Waals surface area contributed by atoms with Crippen LogP contribution in [0.5, 0.6) is 17.2 Å². The van der Waals surface area contributed by atoms with Crippen molar-refractivity contribution in [3.8, 4) is 17.2 Å². The van der Waals surface area contributed by atoms with Gasteiger partial charge in [0, 0.05) is 13.0 Å². The third kappa shape index (κ3) is 4.72. The third-order valence-electron chi connectivity index (χ3n) is 5.82. The Balaban J connectivity index is 1.50. The van der Waals surface area contributed by atoms with E-state index in [0.29, 0.717) is 13.0 Å². The lowest BCUT2D eigenvalue weighted by atomic mass is 10.1. The summed E-state index contributed by atoms with van der Waals surface area (Å²) in [4.78, 5) is 4.91. The van der Waals surface area contributed by atoms with E-state index in [4.69, 9.17) is 19.2 Å². The zero-order valence-corrected chi connectivity index (χ0v) is 19.2. The van der Waals surface area contributed by atoms with E-state index in [2.05, 4.69) is 54.8 Å². The molecule has 32 heavy (non-hydrogen) atoms. The molecular formula is C27H30N2O3. The van der Waals surface area contributed by atoms with Gasteiger partial charge in [-0.1, -0.05) is 24.3 Å². The lowest BCUT2D eigenvalue weighted by Crippen LogP contribution is -2.08. The molecule has 3 aromatic carbocycles. The van der Waals surface area contributed by atoms with E-state index in [9.17, 15) is 0 Å². The molecule has 0 N–H and O–H groups in total. The number of nitrogens with zero attached hydrogens (tertiary/aromatic N) is 2. The average molecular weight is 431 g/mol. The predicted molar refractivity (Wildman–Crippen MR) is 128 cm³/mol. The molecular weight excluding hydrogens is 400 g/mol. The Bertz CT molecular complexity index is 1210. The molecule has 0 radical (unpaired) electrons. The third-order valence-corrected chi connectivity index (χ3v) is 5.82. The fraction of sp³-hybridized carbons (Fsp3) is 0.296. The van der Waals surface area contributed by atoms with Crippen molar-refractivity contribution >= 4 is 11.0 Å². The molecule has 0 aliphatic heterocycles. The second-order valence-electron chi connectivity index (χ2n) is 7.98.